The second-order valence-corrected chi connectivity index (χ2v) is 13.8. The summed E-state index contributed by atoms with van der Waals surface area (Å²) in [7, 11) is 0. The lowest BCUT2D eigenvalue weighted by Crippen LogP contribution is -2.17. The summed E-state index contributed by atoms with van der Waals surface area (Å²) in [5.41, 5.74) is 12.7. The Bertz CT molecular complexity index is 2770. The third-order valence-electron chi connectivity index (χ3n) is 10.6. The van der Waals surface area contributed by atoms with Gasteiger partial charge in [-0.1, -0.05) is 129 Å². The van der Waals surface area contributed by atoms with Crippen molar-refractivity contribution in [3.05, 3.63) is 175 Å². The highest BCUT2D eigenvalue weighted by atomic mass is 16.3. The summed E-state index contributed by atoms with van der Waals surface area (Å²) in [4.78, 5) is 2.45. The first kappa shape index (κ1) is 27.9. The standard InChI is InChI=1S/C47H33NO/c1-47(2)40-18-9-7-17-37(40)38-25-24-35(29-41(38)47)48(42-19-10-8-16-36(42)34-23-22-30-12-3-4-13-31(30)26-34)43-20-11-21-44-46(43)39-27-32-14-5-6-15-33(32)28-45(39)49-44/h3-29H,1-2H3. The van der Waals surface area contributed by atoms with Crippen molar-refractivity contribution in [2.75, 3.05) is 4.90 Å². The average molecular weight is 628 g/mol. The van der Waals surface area contributed by atoms with Gasteiger partial charge < -0.3 is 9.32 Å². The van der Waals surface area contributed by atoms with E-state index in [4.69, 9.17) is 4.42 Å². The van der Waals surface area contributed by atoms with E-state index >= 15 is 0 Å². The molecule has 1 aliphatic carbocycles. The van der Waals surface area contributed by atoms with Crippen molar-refractivity contribution in [1.29, 1.82) is 0 Å². The fourth-order valence-electron chi connectivity index (χ4n) is 8.19. The molecule has 0 unspecified atom stereocenters. The number of hydrogen-bond donors (Lipinski definition) is 0. The third kappa shape index (κ3) is 4.20. The van der Waals surface area contributed by atoms with Crippen molar-refractivity contribution in [3.8, 4) is 22.3 Å². The summed E-state index contributed by atoms with van der Waals surface area (Å²) >= 11 is 0. The summed E-state index contributed by atoms with van der Waals surface area (Å²) in [6.45, 7) is 4.70. The molecular formula is C47H33NO. The van der Waals surface area contributed by atoms with Gasteiger partial charge in [0.25, 0.3) is 0 Å². The van der Waals surface area contributed by atoms with Crippen molar-refractivity contribution in [3.63, 3.8) is 0 Å². The van der Waals surface area contributed by atoms with Crippen molar-refractivity contribution < 1.29 is 4.42 Å². The molecule has 1 aliphatic rings. The van der Waals surface area contributed by atoms with Crippen molar-refractivity contribution >= 4 is 60.5 Å². The van der Waals surface area contributed by atoms with Crippen LogP contribution < -0.4 is 4.90 Å². The first-order valence-corrected chi connectivity index (χ1v) is 17.0. The third-order valence-corrected chi connectivity index (χ3v) is 10.6. The lowest BCUT2D eigenvalue weighted by atomic mass is 9.82. The van der Waals surface area contributed by atoms with E-state index in [-0.39, 0.29) is 5.41 Å². The van der Waals surface area contributed by atoms with Crippen LogP contribution in [-0.2, 0) is 5.41 Å². The Labute approximate surface area is 285 Å². The highest BCUT2D eigenvalue weighted by Gasteiger charge is 2.36. The predicted octanol–water partition coefficient (Wildman–Crippen LogP) is 13.3. The Balaban J connectivity index is 1.27. The lowest BCUT2D eigenvalue weighted by Gasteiger charge is -2.30. The van der Waals surface area contributed by atoms with Crippen LogP contribution >= 0.6 is 0 Å². The number of furan rings is 1. The molecule has 0 fully saturated rings. The molecule has 0 atom stereocenters. The molecule has 2 heteroatoms. The Morgan fingerprint density at radius 3 is 1.94 bits per heavy atom. The summed E-state index contributed by atoms with van der Waals surface area (Å²) < 4.78 is 6.61. The van der Waals surface area contributed by atoms with E-state index in [9.17, 15) is 0 Å². The van der Waals surface area contributed by atoms with Gasteiger partial charge in [0.1, 0.15) is 11.2 Å². The van der Waals surface area contributed by atoms with Gasteiger partial charge in [0.05, 0.1) is 16.8 Å². The molecule has 0 spiro atoms. The zero-order chi connectivity index (χ0) is 32.7. The molecule has 0 radical (unpaired) electrons. The van der Waals surface area contributed by atoms with Crippen LogP contribution in [0.5, 0.6) is 0 Å². The van der Waals surface area contributed by atoms with Crippen LogP contribution in [0.15, 0.2) is 168 Å². The van der Waals surface area contributed by atoms with Gasteiger partial charge in [0.2, 0.25) is 0 Å². The molecule has 0 saturated heterocycles. The fourth-order valence-corrected chi connectivity index (χ4v) is 8.19. The van der Waals surface area contributed by atoms with E-state index in [1.807, 2.05) is 0 Å². The molecule has 0 amide bonds. The largest absolute Gasteiger partial charge is 0.456 e. The van der Waals surface area contributed by atoms with Crippen LogP contribution in [-0.4, -0.2) is 0 Å². The van der Waals surface area contributed by atoms with Gasteiger partial charge in [-0.2, -0.15) is 0 Å². The maximum atomic E-state index is 6.61. The fraction of sp³-hybridized carbons (Fsp3) is 0.0638. The smallest absolute Gasteiger partial charge is 0.137 e. The van der Waals surface area contributed by atoms with Crippen LogP contribution in [0.2, 0.25) is 0 Å². The molecule has 9 aromatic rings. The number of hydrogen-bond acceptors (Lipinski definition) is 2. The Morgan fingerprint density at radius 2 is 1.10 bits per heavy atom. The number of fused-ring (bicyclic) bond motifs is 8. The number of anilines is 3. The maximum Gasteiger partial charge on any atom is 0.137 e. The maximum absolute atomic E-state index is 6.61. The molecule has 1 heterocycles. The minimum Gasteiger partial charge on any atom is -0.456 e. The number of benzene rings is 8. The monoisotopic (exact) mass is 627 g/mol. The van der Waals surface area contributed by atoms with Gasteiger partial charge in [-0.25, -0.2) is 0 Å². The van der Waals surface area contributed by atoms with Crippen molar-refractivity contribution in [1.82, 2.24) is 0 Å². The second-order valence-electron chi connectivity index (χ2n) is 13.8. The van der Waals surface area contributed by atoms with Crippen molar-refractivity contribution in [2.24, 2.45) is 0 Å². The SMILES string of the molecule is CC1(C)c2ccccc2-c2ccc(N(c3ccccc3-c3ccc4ccccc4c3)c3cccc4oc5cc6ccccc6cc5c34)cc21. The molecule has 0 saturated carbocycles. The van der Waals surface area contributed by atoms with Crippen molar-refractivity contribution in [2.45, 2.75) is 19.3 Å². The van der Waals surface area contributed by atoms with E-state index in [0.29, 0.717) is 0 Å². The molecule has 232 valence electrons. The highest BCUT2D eigenvalue weighted by Crippen LogP contribution is 2.52. The van der Waals surface area contributed by atoms with Gasteiger partial charge in [-0.05, 0) is 97.9 Å². The topological polar surface area (TPSA) is 16.4 Å². The number of rotatable bonds is 4. The van der Waals surface area contributed by atoms with Gasteiger partial charge in [0, 0.05) is 22.1 Å². The average Bonchev–Trinajstić information content (AvgIpc) is 3.62. The van der Waals surface area contributed by atoms with E-state index in [1.54, 1.807) is 0 Å². The zero-order valence-corrected chi connectivity index (χ0v) is 27.4. The van der Waals surface area contributed by atoms with Gasteiger partial charge in [-0.15, -0.1) is 0 Å². The molecule has 2 nitrogen and oxygen atoms in total. The first-order valence-electron chi connectivity index (χ1n) is 17.0. The predicted molar refractivity (Wildman–Crippen MR) is 206 cm³/mol. The first-order chi connectivity index (χ1) is 24.0. The van der Waals surface area contributed by atoms with Gasteiger partial charge >= 0.3 is 0 Å². The normalized spacial score (nSPS) is 13.3. The minimum atomic E-state index is -0.126. The molecule has 0 aliphatic heterocycles. The zero-order valence-electron chi connectivity index (χ0n) is 27.4. The Morgan fingerprint density at radius 1 is 0.449 bits per heavy atom. The van der Waals surface area contributed by atoms with Crippen LogP contribution in [0.3, 0.4) is 0 Å². The second kappa shape index (κ2) is 10.4. The summed E-state index contributed by atoms with van der Waals surface area (Å²) in [5.74, 6) is 0. The van der Waals surface area contributed by atoms with Crippen LogP contribution in [0, 0.1) is 0 Å². The molecular weight excluding hydrogens is 595 g/mol. The molecule has 0 N–H and O–H groups in total. The summed E-state index contributed by atoms with van der Waals surface area (Å²) in [5, 5.41) is 7.07. The molecule has 10 rings (SSSR count). The van der Waals surface area contributed by atoms with E-state index in [1.165, 1.54) is 54.9 Å². The molecule has 1 aromatic heterocycles. The molecule has 49 heavy (non-hydrogen) atoms. The summed E-state index contributed by atoms with van der Waals surface area (Å²) in [6.07, 6.45) is 0. The van der Waals surface area contributed by atoms with Crippen LogP contribution in [0.1, 0.15) is 25.0 Å². The number of nitrogens with zero attached hydrogens (tertiary/aromatic N) is 1. The van der Waals surface area contributed by atoms with Gasteiger partial charge in [-0.3, -0.25) is 0 Å². The van der Waals surface area contributed by atoms with E-state index in [2.05, 4.69) is 183 Å². The Kier molecular flexibility index (Phi) is 5.95. The highest BCUT2D eigenvalue weighted by molar-refractivity contribution is 6.16. The number of para-hydroxylation sites is 1. The van der Waals surface area contributed by atoms with Gasteiger partial charge in [0.15, 0.2) is 0 Å². The quantitative estimate of drug-likeness (QED) is 0.193. The molecule has 0 bridgehead atoms. The molecule has 8 aromatic carbocycles. The Hall–Kier alpha value is -6.12. The minimum absolute atomic E-state index is 0.126. The van der Waals surface area contributed by atoms with E-state index < -0.39 is 0 Å². The summed E-state index contributed by atoms with van der Waals surface area (Å²) in [6, 6.07) is 59.6. The lowest BCUT2D eigenvalue weighted by molar-refractivity contribution is 0.660. The van der Waals surface area contributed by atoms with Crippen LogP contribution in [0.4, 0.5) is 17.1 Å². The van der Waals surface area contributed by atoms with Crippen LogP contribution in [0.25, 0.3) is 65.7 Å². The van der Waals surface area contributed by atoms with E-state index in [0.717, 1.165) is 39.0 Å².